The lowest BCUT2D eigenvalue weighted by Crippen LogP contribution is -2.21. The van der Waals surface area contributed by atoms with Crippen molar-refractivity contribution in [3.05, 3.63) is 64.2 Å². The average molecular weight is 340 g/mol. The van der Waals surface area contributed by atoms with Gasteiger partial charge in [-0.15, -0.1) is 0 Å². The summed E-state index contributed by atoms with van der Waals surface area (Å²) >= 11 is 5.93. The molecule has 0 aromatic heterocycles. The largest absolute Gasteiger partial charge is 0.452 e. The van der Waals surface area contributed by atoms with Crippen LogP contribution in [0.3, 0.4) is 0 Å². The van der Waals surface area contributed by atoms with E-state index in [9.17, 15) is 18.4 Å². The number of carbonyl (C=O) groups is 2. The van der Waals surface area contributed by atoms with Gasteiger partial charge in [0.15, 0.2) is 6.61 Å². The second-order valence-electron chi connectivity index (χ2n) is 4.66. The highest BCUT2D eigenvalue weighted by Crippen LogP contribution is 2.22. The number of hydrogen-bond acceptors (Lipinski definition) is 3. The van der Waals surface area contributed by atoms with Crippen LogP contribution in [-0.2, 0) is 9.53 Å². The summed E-state index contributed by atoms with van der Waals surface area (Å²) in [6, 6.07) is 7.41. The number of rotatable bonds is 4. The summed E-state index contributed by atoms with van der Waals surface area (Å²) in [5.41, 5.74) is 0.697. The second-order valence-corrected chi connectivity index (χ2v) is 5.07. The molecule has 0 fully saturated rings. The summed E-state index contributed by atoms with van der Waals surface area (Å²) in [6.07, 6.45) is 0. The lowest BCUT2D eigenvalue weighted by Gasteiger charge is -2.10. The van der Waals surface area contributed by atoms with E-state index in [1.165, 1.54) is 0 Å². The van der Waals surface area contributed by atoms with Crippen LogP contribution in [0.1, 0.15) is 15.9 Å². The van der Waals surface area contributed by atoms with E-state index in [0.717, 1.165) is 12.1 Å². The summed E-state index contributed by atoms with van der Waals surface area (Å²) < 4.78 is 30.9. The first-order valence-electron chi connectivity index (χ1n) is 6.55. The molecule has 0 heterocycles. The molecule has 23 heavy (non-hydrogen) atoms. The number of nitrogens with one attached hydrogen (secondary N) is 1. The molecule has 120 valence electrons. The zero-order valence-corrected chi connectivity index (χ0v) is 12.8. The molecule has 0 saturated heterocycles. The normalized spacial score (nSPS) is 10.3. The number of halogens is 3. The van der Waals surface area contributed by atoms with Gasteiger partial charge in [0.25, 0.3) is 5.91 Å². The van der Waals surface area contributed by atoms with Crippen LogP contribution in [0.2, 0.25) is 5.02 Å². The number of esters is 1. The monoisotopic (exact) mass is 339 g/mol. The number of anilines is 1. The van der Waals surface area contributed by atoms with Crippen LogP contribution in [0.5, 0.6) is 0 Å². The van der Waals surface area contributed by atoms with E-state index in [4.69, 9.17) is 16.3 Å². The van der Waals surface area contributed by atoms with Gasteiger partial charge in [0.05, 0.1) is 5.56 Å². The molecule has 0 aliphatic rings. The zero-order chi connectivity index (χ0) is 17.0. The van der Waals surface area contributed by atoms with Crippen molar-refractivity contribution in [2.45, 2.75) is 6.92 Å². The third-order valence-electron chi connectivity index (χ3n) is 3.03. The van der Waals surface area contributed by atoms with E-state index in [0.29, 0.717) is 22.3 Å². The van der Waals surface area contributed by atoms with Crippen molar-refractivity contribution in [2.24, 2.45) is 0 Å². The summed E-state index contributed by atoms with van der Waals surface area (Å²) in [5, 5.41) is 3.01. The molecule has 2 rings (SSSR count). The van der Waals surface area contributed by atoms with Crippen molar-refractivity contribution in [2.75, 3.05) is 11.9 Å². The highest BCUT2D eigenvalue weighted by molar-refractivity contribution is 6.31. The van der Waals surface area contributed by atoms with Crippen LogP contribution in [0, 0.1) is 18.6 Å². The highest BCUT2D eigenvalue weighted by Gasteiger charge is 2.16. The zero-order valence-electron chi connectivity index (χ0n) is 12.0. The third kappa shape index (κ3) is 4.26. The minimum atomic E-state index is -1.06. The smallest absolute Gasteiger partial charge is 0.341 e. The molecule has 7 heteroatoms. The van der Waals surface area contributed by atoms with Crippen LogP contribution in [0.15, 0.2) is 36.4 Å². The van der Waals surface area contributed by atoms with Gasteiger partial charge in [0.1, 0.15) is 11.6 Å². The Kier molecular flexibility index (Phi) is 5.28. The van der Waals surface area contributed by atoms with Crippen molar-refractivity contribution in [3.8, 4) is 0 Å². The Bertz CT molecular complexity index is 765. The topological polar surface area (TPSA) is 55.4 Å². The first-order chi connectivity index (χ1) is 10.9. The van der Waals surface area contributed by atoms with Gasteiger partial charge < -0.3 is 10.1 Å². The molecule has 0 spiro atoms. The van der Waals surface area contributed by atoms with Gasteiger partial charge in [-0.25, -0.2) is 13.6 Å². The van der Waals surface area contributed by atoms with Crippen molar-refractivity contribution in [1.82, 2.24) is 0 Å². The molecule has 1 amide bonds. The van der Waals surface area contributed by atoms with Crippen LogP contribution in [0.25, 0.3) is 0 Å². The number of amides is 1. The fraction of sp³-hybridized carbons (Fsp3) is 0.125. The molecule has 0 bridgehead atoms. The van der Waals surface area contributed by atoms with Gasteiger partial charge in [-0.2, -0.15) is 0 Å². The van der Waals surface area contributed by atoms with Gasteiger partial charge in [-0.05, 0) is 36.8 Å². The van der Waals surface area contributed by atoms with Crippen molar-refractivity contribution < 1.29 is 23.1 Å². The molecular weight excluding hydrogens is 328 g/mol. The SMILES string of the molecule is Cc1c(Cl)cccc1NC(=O)COC(=O)c1ccc(F)cc1F. The number of ether oxygens (including phenoxy) is 1. The van der Waals surface area contributed by atoms with E-state index in [1.54, 1.807) is 25.1 Å². The summed E-state index contributed by atoms with van der Waals surface area (Å²) in [7, 11) is 0. The van der Waals surface area contributed by atoms with Crippen LogP contribution in [0.4, 0.5) is 14.5 Å². The van der Waals surface area contributed by atoms with E-state index in [1.807, 2.05) is 0 Å². The Morgan fingerprint density at radius 3 is 2.65 bits per heavy atom. The van der Waals surface area contributed by atoms with E-state index in [2.05, 4.69) is 5.32 Å². The molecular formula is C16H12ClF2NO3. The lowest BCUT2D eigenvalue weighted by molar-refractivity contribution is -0.119. The Balaban J connectivity index is 1.96. The van der Waals surface area contributed by atoms with E-state index in [-0.39, 0.29) is 0 Å². The number of hydrogen-bond donors (Lipinski definition) is 1. The molecule has 0 aliphatic heterocycles. The highest BCUT2D eigenvalue weighted by atomic mass is 35.5. The summed E-state index contributed by atoms with van der Waals surface area (Å²) in [4.78, 5) is 23.4. The van der Waals surface area contributed by atoms with E-state index < -0.39 is 35.7 Å². The van der Waals surface area contributed by atoms with Gasteiger partial charge >= 0.3 is 5.97 Å². The first kappa shape index (κ1) is 16.9. The predicted octanol–water partition coefficient (Wildman–Crippen LogP) is 3.72. The van der Waals surface area contributed by atoms with Crippen LogP contribution in [-0.4, -0.2) is 18.5 Å². The molecule has 0 saturated carbocycles. The van der Waals surface area contributed by atoms with Gasteiger partial charge in [-0.1, -0.05) is 17.7 Å². The Labute approximate surface area is 136 Å². The van der Waals surface area contributed by atoms with Crippen LogP contribution >= 0.6 is 11.6 Å². The molecule has 1 N–H and O–H groups in total. The minimum absolute atomic E-state index is 0.446. The maximum absolute atomic E-state index is 13.4. The average Bonchev–Trinajstić information content (AvgIpc) is 2.49. The molecule has 0 unspecified atom stereocenters. The van der Waals surface area contributed by atoms with Crippen molar-refractivity contribution in [1.29, 1.82) is 0 Å². The number of carbonyl (C=O) groups excluding carboxylic acids is 2. The molecule has 0 atom stereocenters. The van der Waals surface area contributed by atoms with Crippen LogP contribution < -0.4 is 5.32 Å². The standard InChI is InChI=1S/C16H12ClF2NO3/c1-9-12(17)3-2-4-14(9)20-15(21)8-23-16(22)11-6-5-10(18)7-13(11)19/h2-7H,8H2,1H3,(H,20,21). The fourth-order valence-electron chi connectivity index (χ4n) is 1.79. The maximum atomic E-state index is 13.4. The second kappa shape index (κ2) is 7.19. The Morgan fingerprint density at radius 1 is 1.22 bits per heavy atom. The maximum Gasteiger partial charge on any atom is 0.341 e. The minimum Gasteiger partial charge on any atom is -0.452 e. The fourth-order valence-corrected chi connectivity index (χ4v) is 1.97. The summed E-state index contributed by atoms with van der Waals surface area (Å²) in [6.45, 7) is 1.11. The number of benzene rings is 2. The molecule has 4 nitrogen and oxygen atoms in total. The summed E-state index contributed by atoms with van der Waals surface area (Å²) in [5.74, 6) is -3.53. The Hall–Kier alpha value is -2.47. The molecule has 0 aliphatic carbocycles. The predicted molar refractivity (Wildman–Crippen MR) is 81.5 cm³/mol. The third-order valence-corrected chi connectivity index (χ3v) is 3.44. The van der Waals surface area contributed by atoms with E-state index >= 15 is 0 Å². The first-order valence-corrected chi connectivity index (χ1v) is 6.93. The molecule has 2 aromatic rings. The molecule has 2 aromatic carbocycles. The molecule has 0 radical (unpaired) electrons. The Morgan fingerprint density at radius 2 is 1.96 bits per heavy atom. The van der Waals surface area contributed by atoms with Gasteiger partial charge in [0.2, 0.25) is 0 Å². The van der Waals surface area contributed by atoms with Crippen molar-refractivity contribution in [3.63, 3.8) is 0 Å². The van der Waals surface area contributed by atoms with Gasteiger partial charge in [0, 0.05) is 16.8 Å². The van der Waals surface area contributed by atoms with Gasteiger partial charge in [-0.3, -0.25) is 4.79 Å². The lowest BCUT2D eigenvalue weighted by atomic mass is 10.2. The van der Waals surface area contributed by atoms with Crippen molar-refractivity contribution >= 4 is 29.2 Å². The quantitative estimate of drug-likeness (QED) is 0.864.